The number of para-hydroxylation sites is 3. The highest BCUT2D eigenvalue weighted by molar-refractivity contribution is 5.77. The Balaban J connectivity index is 1.52. The standard InChI is InChI=1S/C37H38N2/c1-29(2)31-23-25-33(26-24-31)38(32-16-8-5-9-17-32)36-22-14-15-30(27-36)28-37(3,4)39(34-18-10-6-11-19-34)35-20-12-7-13-21-35/h5-27,29H,28H2,1-4H3. The van der Waals surface area contributed by atoms with E-state index in [0.29, 0.717) is 5.92 Å². The zero-order valence-electron chi connectivity index (χ0n) is 23.5. The summed E-state index contributed by atoms with van der Waals surface area (Å²) in [5.41, 5.74) is 8.36. The van der Waals surface area contributed by atoms with Crippen molar-refractivity contribution >= 4 is 28.4 Å². The Kier molecular flexibility index (Phi) is 7.84. The quantitative estimate of drug-likeness (QED) is 0.195. The zero-order valence-corrected chi connectivity index (χ0v) is 23.5. The van der Waals surface area contributed by atoms with Gasteiger partial charge < -0.3 is 9.80 Å². The molecule has 0 amide bonds. The van der Waals surface area contributed by atoms with E-state index >= 15 is 0 Å². The highest BCUT2D eigenvalue weighted by atomic mass is 15.2. The molecule has 2 nitrogen and oxygen atoms in total. The molecule has 0 aromatic heterocycles. The first-order chi connectivity index (χ1) is 18.9. The maximum Gasteiger partial charge on any atom is 0.0464 e. The Morgan fingerprint density at radius 3 is 1.49 bits per heavy atom. The number of benzene rings is 5. The van der Waals surface area contributed by atoms with Gasteiger partial charge in [-0.15, -0.1) is 0 Å². The second-order valence-electron chi connectivity index (χ2n) is 11.1. The Morgan fingerprint density at radius 2 is 0.974 bits per heavy atom. The molecule has 0 bridgehead atoms. The number of hydrogen-bond acceptors (Lipinski definition) is 2. The number of hydrogen-bond donors (Lipinski definition) is 0. The molecule has 196 valence electrons. The van der Waals surface area contributed by atoms with E-state index in [1.54, 1.807) is 0 Å². The molecule has 0 fully saturated rings. The van der Waals surface area contributed by atoms with Crippen molar-refractivity contribution in [1.29, 1.82) is 0 Å². The zero-order chi connectivity index (χ0) is 27.2. The lowest BCUT2D eigenvalue weighted by Crippen LogP contribution is -2.42. The molecule has 0 unspecified atom stereocenters. The van der Waals surface area contributed by atoms with Gasteiger partial charge in [-0.1, -0.05) is 92.7 Å². The van der Waals surface area contributed by atoms with Crippen molar-refractivity contribution in [1.82, 2.24) is 0 Å². The van der Waals surface area contributed by atoms with Crippen LogP contribution in [-0.4, -0.2) is 5.54 Å². The minimum absolute atomic E-state index is 0.169. The van der Waals surface area contributed by atoms with Crippen LogP contribution in [0.15, 0.2) is 140 Å². The van der Waals surface area contributed by atoms with Gasteiger partial charge in [-0.05, 0) is 98.0 Å². The van der Waals surface area contributed by atoms with Crippen molar-refractivity contribution in [2.45, 2.75) is 45.6 Å². The second-order valence-corrected chi connectivity index (χ2v) is 11.1. The molecule has 0 radical (unpaired) electrons. The molecule has 5 aromatic carbocycles. The topological polar surface area (TPSA) is 6.48 Å². The van der Waals surface area contributed by atoms with Crippen molar-refractivity contribution in [3.05, 3.63) is 151 Å². The molecule has 0 aliphatic rings. The third-order valence-electron chi connectivity index (χ3n) is 7.27. The lowest BCUT2D eigenvalue weighted by Gasteiger charge is -2.41. The lowest BCUT2D eigenvalue weighted by atomic mass is 9.91. The predicted molar refractivity (Wildman–Crippen MR) is 168 cm³/mol. The second kappa shape index (κ2) is 11.6. The summed E-state index contributed by atoms with van der Waals surface area (Å²) in [6.45, 7) is 9.14. The fourth-order valence-corrected chi connectivity index (χ4v) is 5.42. The smallest absolute Gasteiger partial charge is 0.0464 e. The van der Waals surface area contributed by atoms with Crippen LogP contribution in [0.2, 0.25) is 0 Å². The SMILES string of the molecule is CC(C)c1ccc(N(c2ccccc2)c2cccc(CC(C)(C)N(c3ccccc3)c3ccccc3)c2)cc1. The van der Waals surface area contributed by atoms with Crippen LogP contribution in [0.4, 0.5) is 28.4 Å². The summed E-state index contributed by atoms with van der Waals surface area (Å²) in [5, 5.41) is 0. The largest absolute Gasteiger partial charge is 0.336 e. The van der Waals surface area contributed by atoms with Gasteiger partial charge in [0.15, 0.2) is 0 Å². The maximum absolute atomic E-state index is 2.46. The molecule has 0 saturated heterocycles. The Bertz CT molecular complexity index is 1420. The first-order valence-electron chi connectivity index (χ1n) is 13.9. The van der Waals surface area contributed by atoms with Gasteiger partial charge in [0, 0.05) is 34.0 Å². The summed E-state index contributed by atoms with van der Waals surface area (Å²) in [6, 6.07) is 50.0. The number of nitrogens with zero attached hydrogens (tertiary/aromatic N) is 2. The molecule has 5 rings (SSSR count). The van der Waals surface area contributed by atoms with Gasteiger partial charge in [-0.25, -0.2) is 0 Å². The minimum atomic E-state index is -0.169. The molecule has 0 saturated carbocycles. The summed E-state index contributed by atoms with van der Waals surface area (Å²) in [4.78, 5) is 4.81. The maximum atomic E-state index is 2.46. The van der Waals surface area contributed by atoms with E-state index in [2.05, 4.69) is 177 Å². The van der Waals surface area contributed by atoms with Crippen molar-refractivity contribution < 1.29 is 0 Å². The first-order valence-corrected chi connectivity index (χ1v) is 13.9. The molecule has 39 heavy (non-hydrogen) atoms. The summed E-state index contributed by atoms with van der Waals surface area (Å²) in [7, 11) is 0. The first kappa shape index (κ1) is 26.3. The summed E-state index contributed by atoms with van der Waals surface area (Å²) in [6.07, 6.45) is 0.888. The van der Waals surface area contributed by atoms with Crippen LogP contribution in [0.1, 0.15) is 44.7 Å². The van der Waals surface area contributed by atoms with Gasteiger partial charge in [0.2, 0.25) is 0 Å². The lowest BCUT2D eigenvalue weighted by molar-refractivity contribution is 0.502. The minimum Gasteiger partial charge on any atom is -0.336 e. The molecule has 0 atom stereocenters. The fraction of sp³-hybridized carbons (Fsp3) is 0.189. The van der Waals surface area contributed by atoms with Crippen LogP contribution in [0.5, 0.6) is 0 Å². The van der Waals surface area contributed by atoms with Gasteiger partial charge in [-0.2, -0.15) is 0 Å². The van der Waals surface area contributed by atoms with E-state index in [9.17, 15) is 0 Å². The highest BCUT2D eigenvalue weighted by Gasteiger charge is 2.29. The third-order valence-corrected chi connectivity index (χ3v) is 7.27. The molecule has 0 N–H and O–H groups in total. The van der Waals surface area contributed by atoms with Crippen LogP contribution >= 0.6 is 0 Å². The van der Waals surface area contributed by atoms with Gasteiger partial charge in [0.25, 0.3) is 0 Å². The van der Waals surface area contributed by atoms with Gasteiger partial charge >= 0.3 is 0 Å². The van der Waals surface area contributed by atoms with E-state index in [1.807, 2.05) is 0 Å². The summed E-state index contributed by atoms with van der Waals surface area (Å²) < 4.78 is 0. The number of rotatable bonds is 9. The van der Waals surface area contributed by atoms with Crippen molar-refractivity contribution in [3.63, 3.8) is 0 Å². The average Bonchev–Trinajstić information content (AvgIpc) is 2.95. The highest BCUT2D eigenvalue weighted by Crippen LogP contribution is 2.38. The van der Waals surface area contributed by atoms with E-state index < -0.39 is 0 Å². The Morgan fingerprint density at radius 1 is 0.513 bits per heavy atom. The monoisotopic (exact) mass is 510 g/mol. The van der Waals surface area contributed by atoms with Crippen LogP contribution in [-0.2, 0) is 6.42 Å². The molecule has 0 spiro atoms. The Hall–Kier alpha value is -4.30. The molecule has 0 aliphatic carbocycles. The van der Waals surface area contributed by atoms with Crippen LogP contribution in [0.3, 0.4) is 0 Å². The van der Waals surface area contributed by atoms with E-state index in [4.69, 9.17) is 0 Å². The fourth-order valence-electron chi connectivity index (χ4n) is 5.42. The molecule has 5 aromatic rings. The van der Waals surface area contributed by atoms with Crippen molar-refractivity contribution in [2.24, 2.45) is 0 Å². The summed E-state index contributed by atoms with van der Waals surface area (Å²) in [5.74, 6) is 0.506. The summed E-state index contributed by atoms with van der Waals surface area (Å²) >= 11 is 0. The third kappa shape index (κ3) is 6.07. The van der Waals surface area contributed by atoms with Crippen LogP contribution in [0.25, 0.3) is 0 Å². The van der Waals surface area contributed by atoms with Gasteiger partial charge in [0.05, 0.1) is 0 Å². The molecule has 2 heteroatoms. The van der Waals surface area contributed by atoms with Crippen molar-refractivity contribution in [3.8, 4) is 0 Å². The van der Waals surface area contributed by atoms with Crippen LogP contribution in [0, 0.1) is 0 Å². The predicted octanol–water partition coefficient (Wildman–Crippen LogP) is 10.4. The van der Waals surface area contributed by atoms with E-state index in [-0.39, 0.29) is 5.54 Å². The van der Waals surface area contributed by atoms with Gasteiger partial charge in [-0.3, -0.25) is 0 Å². The molecular weight excluding hydrogens is 472 g/mol. The van der Waals surface area contributed by atoms with E-state index in [0.717, 1.165) is 23.5 Å². The normalized spacial score (nSPS) is 11.4. The molecule has 0 aliphatic heterocycles. The average molecular weight is 511 g/mol. The number of anilines is 5. The molecule has 0 heterocycles. The molecular formula is C37H38N2. The Labute approximate surface area is 234 Å². The van der Waals surface area contributed by atoms with Crippen molar-refractivity contribution in [2.75, 3.05) is 9.80 Å². The van der Waals surface area contributed by atoms with Gasteiger partial charge in [0.1, 0.15) is 0 Å². The van der Waals surface area contributed by atoms with E-state index in [1.165, 1.54) is 22.5 Å². The van der Waals surface area contributed by atoms with Crippen LogP contribution < -0.4 is 9.80 Å².